The van der Waals surface area contributed by atoms with Crippen molar-refractivity contribution in [2.45, 2.75) is 49.2 Å². The maximum Gasteiger partial charge on any atom is 0.421 e. The molecule has 5 aliphatic rings. The topological polar surface area (TPSA) is 243 Å². The van der Waals surface area contributed by atoms with Gasteiger partial charge in [0.25, 0.3) is 5.69 Å². The molecule has 6 aromatic rings. The number of amides is 3. The van der Waals surface area contributed by atoms with Crippen LogP contribution in [0.1, 0.15) is 63.6 Å². The number of aliphatic hydroxyl groups excluding tert-OH is 1. The number of rotatable bonds is 15. The highest BCUT2D eigenvalue weighted by Crippen LogP contribution is 2.67. The van der Waals surface area contributed by atoms with Gasteiger partial charge in [-0.3, -0.25) is 43.9 Å². The van der Waals surface area contributed by atoms with Crippen LogP contribution in [0, 0.1) is 33.8 Å². The number of aliphatic hydroxyl groups is 1. The van der Waals surface area contributed by atoms with Crippen molar-refractivity contribution >= 4 is 47.2 Å². The van der Waals surface area contributed by atoms with Crippen LogP contribution in [0.15, 0.2) is 146 Å². The summed E-state index contributed by atoms with van der Waals surface area (Å²) in [6.45, 7) is 0.658. The van der Waals surface area contributed by atoms with Crippen molar-refractivity contribution in [2.24, 2.45) is 11.8 Å². The van der Waals surface area contributed by atoms with Gasteiger partial charge >= 0.3 is 24.0 Å². The number of carbonyl (C=O) groups excluding carboxylic acids is 6. The third kappa shape index (κ3) is 10.4. The number of hydrogen-bond acceptors (Lipinski definition) is 18. The average molecular weight is 1140 g/mol. The summed E-state index contributed by atoms with van der Waals surface area (Å²) in [5.41, 5.74) is 0.694. The number of methoxy groups -OCH3 is 2. The number of nitro benzene ring substituents is 1. The number of para-hydroxylation sites is 1. The molecule has 1 spiro atoms. The molecule has 6 aromatic carbocycles. The van der Waals surface area contributed by atoms with Gasteiger partial charge in [-0.15, -0.1) is 0 Å². The predicted octanol–water partition coefficient (Wildman–Crippen LogP) is 6.75. The molecular weight excluding hydrogens is 1080 g/mol. The van der Waals surface area contributed by atoms with Crippen LogP contribution in [0.25, 0.3) is 0 Å². The van der Waals surface area contributed by atoms with Crippen molar-refractivity contribution in [1.82, 2.24) is 14.7 Å². The normalized spacial score (nSPS) is 21.5. The van der Waals surface area contributed by atoms with Crippen LogP contribution in [0.5, 0.6) is 17.2 Å². The Kier molecular flexibility index (Phi) is 16.1. The van der Waals surface area contributed by atoms with Crippen LogP contribution in [0.4, 0.5) is 16.2 Å². The number of benzene rings is 6. The smallest absolute Gasteiger partial charge is 0.421 e. The first kappa shape index (κ1) is 56.3. The number of nitrogens with zero attached hydrogens (tertiary/aromatic N) is 5. The van der Waals surface area contributed by atoms with Crippen molar-refractivity contribution < 1.29 is 72.0 Å². The Balaban J connectivity index is 1.12. The number of fused-ring (bicyclic) bond motifs is 4. The first-order valence-electron chi connectivity index (χ1n) is 27.2. The highest BCUT2D eigenvalue weighted by atomic mass is 16.7. The number of non-ortho nitro benzene ring substituents is 1. The highest BCUT2D eigenvalue weighted by molar-refractivity contribution is 6.23. The summed E-state index contributed by atoms with van der Waals surface area (Å²) >= 11 is 0. The van der Waals surface area contributed by atoms with E-state index in [1.54, 1.807) is 35.2 Å². The van der Waals surface area contributed by atoms with E-state index in [1.807, 2.05) is 83.8 Å². The fourth-order valence-electron chi connectivity index (χ4n) is 12.3. The van der Waals surface area contributed by atoms with Gasteiger partial charge in [-0.2, -0.15) is 0 Å². The van der Waals surface area contributed by atoms with E-state index in [9.17, 15) is 24.8 Å². The standard InChI is InChI=1S/C63H57N5O16/c1-78-58(71)46(59(72)79-2)18-11-12-39-22-26-48-47(34-39)63(61(74)66(48)62(75)81-37-40-20-24-44(25-21-40)68(76)77)52(57(70)65-30-28-64(29-31-65)36-41-23-27-50-51(35-41)83-38-82-50)54-60(73)84-55(43-15-7-4-8-16-43)53(42-13-5-3-6-14-42)67(54)56(63)45-17-9-10-19-49(45)80-33-32-69/h3-10,13-17,19-27,34-35,46,52-56,69H,18,28-33,36-38H2,1-2H3/t52-,53-,54-,55+,56+,63-/m0/s1. The number of nitro groups is 1. The Hall–Kier alpha value is -9.62. The second-order valence-electron chi connectivity index (χ2n) is 20.6. The van der Waals surface area contributed by atoms with Crippen molar-refractivity contribution in [2.75, 3.05) is 65.3 Å². The summed E-state index contributed by atoms with van der Waals surface area (Å²) in [5.74, 6) is 0.163. The van der Waals surface area contributed by atoms with E-state index in [0.29, 0.717) is 53.4 Å². The quantitative estimate of drug-likeness (QED) is 0.0279. The molecule has 0 unspecified atom stereocenters. The lowest BCUT2D eigenvalue weighted by Crippen LogP contribution is -2.59. The Morgan fingerprint density at radius 2 is 1.44 bits per heavy atom. The minimum absolute atomic E-state index is 0.0181. The molecule has 21 nitrogen and oxygen atoms in total. The molecule has 5 heterocycles. The Morgan fingerprint density at radius 1 is 0.774 bits per heavy atom. The second-order valence-corrected chi connectivity index (χ2v) is 20.6. The summed E-state index contributed by atoms with van der Waals surface area (Å²) in [7, 11) is 2.26. The minimum Gasteiger partial charge on any atom is -0.491 e. The molecule has 11 rings (SSSR count). The highest BCUT2D eigenvalue weighted by Gasteiger charge is 2.76. The summed E-state index contributed by atoms with van der Waals surface area (Å²) < 4.78 is 40.0. The summed E-state index contributed by atoms with van der Waals surface area (Å²) in [4.78, 5) is 108. The molecule has 1 N–H and O–H groups in total. The molecule has 6 atom stereocenters. The van der Waals surface area contributed by atoms with Gasteiger partial charge in [0.05, 0.1) is 49.4 Å². The number of imide groups is 1. The largest absolute Gasteiger partial charge is 0.491 e. The zero-order valence-corrected chi connectivity index (χ0v) is 45.7. The average Bonchev–Trinajstić information content (AvgIpc) is 2.75. The lowest BCUT2D eigenvalue weighted by molar-refractivity contribution is -0.384. The van der Waals surface area contributed by atoms with Gasteiger partial charge in [0.15, 0.2) is 17.4 Å². The number of carbonyl (C=O) groups is 6. The zero-order valence-electron chi connectivity index (χ0n) is 45.7. The number of anilines is 1. The molecule has 21 heteroatoms. The van der Waals surface area contributed by atoms with Gasteiger partial charge in [0.2, 0.25) is 18.6 Å². The summed E-state index contributed by atoms with van der Waals surface area (Å²) in [5, 5.41) is 21.8. The Morgan fingerprint density at radius 3 is 2.13 bits per heavy atom. The van der Waals surface area contributed by atoms with E-state index in [2.05, 4.69) is 16.7 Å². The third-order valence-corrected chi connectivity index (χ3v) is 16.0. The number of cyclic esters (lactones) is 1. The van der Waals surface area contributed by atoms with Gasteiger partial charge in [0, 0.05) is 62.4 Å². The van der Waals surface area contributed by atoms with Gasteiger partial charge in [0.1, 0.15) is 36.5 Å². The fraction of sp³-hybridized carbons (Fsp3) is 0.302. The van der Waals surface area contributed by atoms with Crippen molar-refractivity contribution in [3.63, 3.8) is 0 Å². The summed E-state index contributed by atoms with van der Waals surface area (Å²) in [6, 6.07) is 36.9. The number of ether oxygens (including phenoxy) is 7. The maximum atomic E-state index is 17.0. The predicted molar refractivity (Wildman–Crippen MR) is 298 cm³/mol. The lowest BCUT2D eigenvalue weighted by atomic mass is 9.64. The van der Waals surface area contributed by atoms with Gasteiger partial charge in [-0.1, -0.05) is 96.8 Å². The zero-order chi connectivity index (χ0) is 58.6. The third-order valence-electron chi connectivity index (χ3n) is 16.0. The molecule has 5 aliphatic heterocycles. The Bertz CT molecular complexity index is 3570. The van der Waals surface area contributed by atoms with E-state index in [1.165, 1.54) is 36.4 Å². The molecule has 430 valence electrons. The minimum atomic E-state index is -2.29. The van der Waals surface area contributed by atoms with E-state index in [-0.39, 0.29) is 61.2 Å². The van der Waals surface area contributed by atoms with E-state index in [0.717, 1.165) is 24.7 Å². The van der Waals surface area contributed by atoms with Gasteiger partial charge in [-0.05, 0) is 76.3 Å². The number of esters is 3. The molecule has 0 aliphatic carbocycles. The molecule has 0 saturated carbocycles. The molecule has 0 aromatic heterocycles. The lowest BCUT2D eigenvalue weighted by Gasteiger charge is -2.46. The molecule has 3 saturated heterocycles. The molecule has 0 radical (unpaired) electrons. The van der Waals surface area contributed by atoms with E-state index in [4.69, 9.17) is 33.2 Å². The van der Waals surface area contributed by atoms with E-state index >= 15 is 19.2 Å². The summed E-state index contributed by atoms with van der Waals surface area (Å²) in [6.07, 6.45) is -2.57. The fourth-order valence-corrected chi connectivity index (χ4v) is 12.3. The first-order valence-corrected chi connectivity index (χ1v) is 27.2. The van der Waals surface area contributed by atoms with Gasteiger partial charge < -0.3 is 43.2 Å². The number of morpholine rings is 1. The second kappa shape index (κ2) is 24.1. The van der Waals surface area contributed by atoms with Crippen LogP contribution in [-0.2, 0) is 61.5 Å². The van der Waals surface area contributed by atoms with Crippen LogP contribution >= 0.6 is 0 Å². The van der Waals surface area contributed by atoms with Crippen LogP contribution in [0.2, 0.25) is 0 Å². The molecule has 3 amide bonds. The van der Waals surface area contributed by atoms with Crippen molar-refractivity contribution in [3.05, 3.63) is 195 Å². The SMILES string of the molecule is COC(=O)C(CC#Cc1ccc2c(c1)[C@]1(C(=O)N2C(=O)OCc2ccc([N+](=O)[O-])cc2)[C@H](C(=O)N2CCN(Cc3ccc4c(c3)OCO4)CC2)[C@H]2C(=O)O[C@H](c3ccccc3)[C@H](c3ccccc3)N2[C@@H]1c1ccccc1OCCO)C(=O)OC. The maximum absolute atomic E-state index is 17.0. The molecule has 0 bridgehead atoms. The molecule has 3 fully saturated rings. The Labute approximate surface area is 482 Å². The van der Waals surface area contributed by atoms with Crippen molar-refractivity contribution in [1.29, 1.82) is 0 Å². The van der Waals surface area contributed by atoms with Crippen LogP contribution in [-0.4, -0.2) is 127 Å². The van der Waals surface area contributed by atoms with Crippen LogP contribution < -0.4 is 19.1 Å². The first-order chi connectivity index (χ1) is 40.9. The molecular formula is C63H57N5O16. The van der Waals surface area contributed by atoms with E-state index < -0.39 is 95.4 Å². The van der Waals surface area contributed by atoms with Gasteiger partial charge in [-0.25, -0.2) is 9.69 Å². The van der Waals surface area contributed by atoms with Crippen molar-refractivity contribution in [3.8, 4) is 29.1 Å². The van der Waals surface area contributed by atoms with Crippen LogP contribution in [0.3, 0.4) is 0 Å². The monoisotopic (exact) mass is 1140 g/mol. The molecule has 84 heavy (non-hydrogen) atoms. The number of hydrogen-bond donors (Lipinski definition) is 1. The number of piperazine rings is 1.